The van der Waals surface area contributed by atoms with E-state index in [0.717, 1.165) is 6.42 Å². The van der Waals surface area contributed by atoms with Gasteiger partial charge in [0.2, 0.25) is 0 Å². The minimum absolute atomic E-state index is 1.12. The van der Waals surface area contributed by atoms with Crippen LogP contribution in [0.15, 0.2) is 48.5 Å². The van der Waals surface area contributed by atoms with Crippen LogP contribution in [-0.2, 0) is 6.42 Å². The zero-order chi connectivity index (χ0) is 13.0. The molecule has 0 spiro atoms. The predicted octanol–water partition coefficient (Wildman–Crippen LogP) is 4.87. The van der Waals surface area contributed by atoms with E-state index in [4.69, 9.17) is 0 Å². The first-order valence-electron chi connectivity index (χ1n) is 6.44. The molecule has 0 amide bonds. The minimum atomic E-state index is 1.12. The van der Waals surface area contributed by atoms with Gasteiger partial charge in [0.25, 0.3) is 0 Å². The van der Waals surface area contributed by atoms with E-state index < -0.39 is 0 Å². The van der Waals surface area contributed by atoms with E-state index in [1.165, 1.54) is 27.8 Å². The maximum atomic E-state index is 2.20. The lowest BCUT2D eigenvalue weighted by molar-refractivity contribution is 1.31. The van der Waals surface area contributed by atoms with Crippen LogP contribution in [0, 0.1) is 20.8 Å². The van der Waals surface area contributed by atoms with Crippen LogP contribution in [0.25, 0.3) is 6.08 Å². The summed E-state index contributed by atoms with van der Waals surface area (Å²) in [7, 11) is 0. The third-order valence-electron chi connectivity index (χ3n) is 3.06. The Hall–Kier alpha value is -1.82. The molecule has 0 heterocycles. The van der Waals surface area contributed by atoms with Crippen molar-refractivity contribution in [1.29, 1.82) is 0 Å². The van der Waals surface area contributed by atoms with Crippen LogP contribution in [0.1, 0.15) is 27.8 Å². The van der Waals surface area contributed by atoms with Crippen LogP contribution in [-0.4, -0.2) is 0 Å². The molecule has 0 saturated heterocycles. The van der Waals surface area contributed by atoms with Crippen LogP contribution in [0.2, 0.25) is 0 Å². The van der Waals surface area contributed by atoms with Gasteiger partial charge < -0.3 is 0 Å². The van der Waals surface area contributed by atoms with E-state index in [9.17, 15) is 0 Å². The van der Waals surface area contributed by atoms with Gasteiger partial charge in [0.15, 0.2) is 0 Å². The van der Waals surface area contributed by atoms with Crippen LogP contribution >= 0.6 is 0 Å². The topological polar surface area (TPSA) is 0 Å². The van der Waals surface area contributed by atoms with Gasteiger partial charge in [-0.25, -0.2) is 0 Å². The molecule has 0 aliphatic heterocycles. The molecule has 0 nitrogen and oxygen atoms in total. The van der Waals surface area contributed by atoms with Gasteiger partial charge in [-0.05, 0) is 38.3 Å². The molecule has 0 N–H and O–H groups in total. The van der Waals surface area contributed by atoms with Crippen molar-refractivity contribution in [3.05, 3.63) is 76.4 Å². The number of aryl methyl sites for hydroxylation is 3. The fourth-order valence-corrected chi connectivity index (χ4v) is 2.40. The quantitative estimate of drug-likeness (QED) is 0.612. The van der Waals surface area contributed by atoms with Crippen LogP contribution in [0.3, 0.4) is 0 Å². The summed E-state index contributed by atoms with van der Waals surface area (Å²) in [6.45, 7) is 6.38. The molecule has 92 valence electrons. The fourth-order valence-electron chi connectivity index (χ4n) is 2.40. The summed E-state index contributed by atoms with van der Waals surface area (Å²) in [5.74, 6) is 0. The summed E-state index contributed by atoms with van der Waals surface area (Å²) >= 11 is 0. The van der Waals surface area contributed by atoms with Crippen LogP contribution in [0.5, 0.6) is 0 Å². The summed E-state index contributed by atoms with van der Waals surface area (Å²) in [4.78, 5) is 0. The number of benzene rings is 2. The summed E-state index contributed by atoms with van der Waals surface area (Å²) in [5, 5.41) is 0. The predicted molar refractivity (Wildman–Crippen MR) is 79.8 cm³/mol. The van der Waals surface area contributed by atoms with Crippen molar-refractivity contribution >= 4 is 6.08 Å². The first-order chi connectivity index (χ1) is 8.65. The molecule has 3 rings (SSSR count). The lowest BCUT2D eigenvalue weighted by Gasteiger charge is -1.96. The van der Waals surface area contributed by atoms with Gasteiger partial charge in [0.05, 0.1) is 0 Å². The highest BCUT2D eigenvalue weighted by molar-refractivity contribution is 5.59. The highest BCUT2D eigenvalue weighted by Gasteiger charge is 2.00. The molecule has 0 unspecified atom stereocenters. The van der Waals surface area contributed by atoms with Gasteiger partial charge >= 0.3 is 0 Å². The molecule has 1 aliphatic carbocycles. The van der Waals surface area contributed by atoms with E-state index in [1.807, 2.05) is 0 Å². The number of fused-ring (bicyclic) bond motifs is 1. The van der Waals surface area contributed by atoms with Crippen molar-refractivity contribution < 1.29 is 0 Å². The van der Waals surface area contributed by atoms with Gasteiger partial charge in [0.1, 0.15) is 0 Å². The van der Waals surface area contributed by atoms with Crippen molar-refractivity contribution in [3.63, 3.8) is 0 Å². The minimum Gasteiger partial charge on any atom is -0.0795 e. The summed E-state index contributed by atoms with van der Waals surface area (Å²) in [5.41, 5.74) is 6.91. The van der Waals surface area contributed by atoms with E-state index in [0.29, 0.717) is 0 Å². The second-order valence-electron chi connectivity index (χ2n) is 4.97. The Morgan fingerprint density at radius 1 is 0.778 bits per heavy atom. The zero-order valence-electron chi connectivity index (χ0n) is 11.4. The largest absolute Gasteiger partial charge is 0.0795 e. The van der Waals surface area contributed by atoms with Crippen molar-refractivity contribution in [2.24, 2.45) is 0 Å². The van der Waals surface area contributed by atoms with Crippen LogP contribution in [0.4, 0.5) is 0 Å². The lowest BCUT2D eigenvalue weighted by Crippen LogP contribution is -1.78. The first kappa shape index (κ1) is 12.6. The average molecular weight is 236 g/mol. The fraction of sp³-hybridized carbons (Fsp3) is 0.222. The van der Waals surface area contributed by atoms with Gasteiger partial charge in [-0.3, -0.25) is 0 Å². The molecule has 0 fully saturated rings. The lowest BCUT2D eigenvalue weighted by atomic mass is 10.1. The Morgan fingerprint density at radius 2 is 1.33 bits per heavy atom. The van der Waals surface area contributed by atoms with Crippen molar-refractivity contribution in [3.8, 4) is 0 Å². The highest BCUT2D eigenvalue weighted by atomic mass is 14.0. The van der Waals surface area contributed by atoms with Gasteiger partial charge in [-0.1, -0.05) is 71.3 Å². The molecule has 0 bridgehead atoms. The van der Waals surface area contributed by atoms with Crippen molar-refractivity contribution in [2.75, 3.05) is 0 Å². The second-order valence-corrected chi connectivity index (χ2v) is 4.97. The standard InChI is InChI=1S/C9H8.C9H12/c1-2-5-9-7-3-6-8(9)4-1;1-7-4-8(2)6-9(3)5-7/h1-6H,7H2;4-6H,1-3H3. The number of allylic oxidation sites excluding steroid dienone is 1. The number of hydrogen-bond acceptors (Lipinski definition) is 0. The van der Waals surface area contributed by atoms with Gasteiger partial charge in [0, 0.05) is 0 Å². The Morgan fingerprint density at radius 3 is 1.89 bits per heavy atom. The Labute approximate surface area is 110 Å². The van der Waals surface area contributed by atoms with Crippen LogP contribution < -0.4 is 0 Å². The smallest absolute Gasteiger partial charge is 0.00882 e. The molecule has 0 aromatic heterocycles. The van der Waals surface area contributed by atoms with E-state index >= 15 is 0 Å². The second kappa shape index (κ2) is 5.68. The molecule has 0 heteroatoms. The monoisotopic (exact) mass is 236 g/mol. The summed E-state index contributed by atoms with van der Waals surface area (Å²) in [6, 6.07) is 15.1. The number of rotatable bonds is 0. The van der Waals surface area contributed by atoms with Gasteiger partial charge in [-0.2, -0.15) is 0 Å². The molecule has 0 atom stereocenters. The Bertz CT molecular complexity index is 512. The third-order valence-corrected chi connectivity index (χ3v) is 3.06. The normalized spacial score (nSPS) is 11.7. The Balaban J connectivity index is 0.000000134. The molecular weight excluding hydrogens is 216 g/mol. The summed E-state index contributed by atoms with van der Waals surface area (Å²) < 4.78 is 0. The first-order valence-corrected chi connectivity index (χ1v) is 6.44. The maximum absolute atomic E-state index is 2.20. The zero-order valence-corrected chi connectivity index (χ0v) is 11.4. The molecule has 2 aromatic carbocycles. The molecule has 0 radical (unpaired) electrons. The third kappa shape index (κ3) is 3.33. The van der Waals surface area contributed by atoms with E-state index in [-0.39, 0.29) is 0 Å². The van der Waals surface area contributed by atoms with Crippen molar-refractivity contribution in [1.82, 2.24) is 0 Å². The number of hydrogen-bond donors (Lipinski definition) is 0. The molecule has 18 heavy (non-hydrogen) atoms. The average Bonchev–Trinajstić information content (AvgIpc) is 2.75. The van der Waals surface area contributed by atoms with Crippen molar-refractivity contribution in [2.45, 2.75) is 27.2 Å². The van der Waals surface area contributed by atoms with Gasteiger partial charge in [-0.15, -0.1) is 0 Å². The SMILES string of the molecule is C1=Cc2ccccc2C1.Cc1cc(C)cc(C)c1. The molecular formula is C18H20. The Kier molecular flexibility index (Phi) is 3.99. The molecule has 0 saturated carbocycles. The van der Waals surface area contributed by atoms with E-state index in [2.05, 4.69) is 75.4 Å². The molecule has 1 aliphatic rings. The summed E-state index contributed by atoms with van der Waals surface area (Å²) in [6.07, 6.45) is 5.50. The highest BCUT2D eigenvalue weighted by Crippen LogP contribution is 2.17. The molecule has 2 aromatic rings. The van der Waals surface area contributed by atoms with E-state index in [1.54, 1.807) is 0 Å². The maximum Gasteiger partial charge on any atom is -0.00882 e.